The fraction of sp³-hybridized carbons (Fsp3) is 0.267. The fourth-order valence-corrected chi connectivity index (χ4v) is 3.57. The van der Waals surface area contributed by atoms with Crippen molar-refractivity contribution in [1.29, 1.82) is 0 Å². The van der Waals surface area contributed by atoms with Crippen molar-refractivity contribution < 1.29 is 8.42 Å². The van der Waals surface area contributed by atoms with Crippen LogP contribution in [0, 0.1) is 13.8 Å². The van der Waals surface area contributed by atoms with Crippen LogP contribution in [0.25, 0.3) is 0 Å². The van der Waals surface area contributed by atoms with Crippen LogP contribution in [-0.4, -0.2) is 19.2 Å². The number of aryl methyl sites for hydroxylation is 3. The molecule has 0 radical (unpaired) electrons. The zero-order valence-corrected chi connectivity index (χ0v) is 11.9. The highest BCUT2D eigenvalue weighted by Crippen LogP contribution is 2.18. The van der Waals surface area contributed by atoms with Gasteiger partial charge in [0, 0.05) is 18.3 Å². The van der Waals surface area contributed by atoms with E-state index in [1.54, 1.807) is 12.3 Å². The van der Waals surface area contributed by atoms with Gasteiger partial charge in [0.2, 0.25) is 0 Å². The highest BCUT2D eigenvalue weighted by atomic mass is 32.2. The summed E-state index contributed by atoms with van der Waals surface area (Å²) in [5.41, 5.74) is 2.68. The topological polar surface area (TPSA) is 47.0 Å². The van der Waals surface area contributed by atoms with Crippen LogP contribution in [0.1, 0.15) is 16.8 Å². The Kier molecular flexibility index (Phi) is 4.00. The zero-order valence-electron chi connectivity index (χ0n) is 11.1. The van der Waals surface area contributed by atoms with E-state index >= 15 is 0 Å². The third-order valence-electron chi connectivity index (χ3n) is 3.02. The average molecular weight is 275 g/mol. The molecule has 0 fully saturated rings. The van der Waals surface area contributed by atoms with Crippen molar-refractivity contribution in [2.75, 3.05) is 5.75 Å². The first-order valence-electron chi connectivity index (χ1n) is 6.19. The Hall–Kier alpha value is -1.68. The predicted octanol–water partition coefficient (Wildman–Crippen LogP) is 2.71. The van der Waals surface area contributed by atoms with E-state index < -0.39 is 9.84 Å². The second-order valence-electron chi connectivity index (χ2n) is 4.66. The minimum Gasteiger partial charge on any atom is -0.261 e. The largest absolute Gasteiger partial charge is 0.261 e. The summed E-state index contributed by atoms with van der Waals surface area (Å²) in [7, 11) is -3.25. The lowest BCUT2D eigenvalue weighted by atomic mass is 10.2. The molecular weight excluding hydrogens is 258 g/mol. The number of rotatable bonds is 4. The Morgan fingerprint density at radius 1 is 1.11 bits per heavy atom. The molecule has 1 aromatic heterocycles. The molecule has 3 nitrogen and oxygen atoms in total. The Bertz CT molecular complexity index is 664. The van der Waals surface area contributed by atoms with Gasteiger partial charge in [0.25, 0.3) is 0 Å². The Morgan fingerprint density at radius 3 is 2.53 bits per heavy atom. The van der Waals surface area contributed by atoms with Gasteiger partial charge in [-0.25, -0.2) is 8.42 Å². The number of benzene rings is 1. The van der Waals surface area contributed by atoms with Crippen LogP contribution in [0.4, 0.5) is 0 Å². The first kappa shape index (κ1) is 13.7. The maximum Gasteiger partial charge on any atom is 0.179 e. The van der Waals surface area contributed by atoms with Crippen LogP contribution in [-0.2, 0) is 16.3 Å². The number of nitrogens with zero attached hydrogens (tertiary/aromatic N) is 1. The molecule has 19 heavy (non-hydrogen) atoms. The van der Waals surface area contributed by atoms with Gasteiger partial charge in [0.05, 0.1) is 10.6 Å². The maximum atomic E-state index is 12.3. The van der Waals surface area contributed by atoms with Crippen LogP contribution < -0.4 is 0 Å². The van der Waals surface area contributed by atoms with E-state index in [1.165, 1.54) is 0 Å². The van der Waals surface area contributed by atoms with Crippen molar-refractivity contribution >= 4 is 9.84 Å². The van der Waals surface area contributed by atoms with Crippen molar-refractivity contribution in [2.24, 2.45) is 0 Å². The van der Waals surface area contributed by atoms with Gasteiger partial charge in [0.15, 0.2) is 9.84 Å². The minimum atomic E-state index is -3.25. The maximum absolute atomic E-state index is 12.3. The SMILES string of the molecule is Cc1ccc(S(=O)(=O)CCc2ccccn2)c(C)c1. The molecule has 0 spiro atoms. The van der Waals surface area contributed by atoms with Gasteiger partial charge < -0.3 is 0 Å². The van der Waals surface area contributed by atoms with Gasteiger partial charge in [-0.15, -0.1) is 0 Å². The number of aromatic nitrogens is 1. The molecule has 0 unspecified atom stereocenters. The van der Waals surface area contributed by atoms with E-state index in [4.69, 9.17) is 0 Å². The molecule has 0 aliphatic heterocycles. The third kappa shape index (κ3) is 3.41. The van der Waals surface area contributed by atoms with E-state index in [9.17, 15) is 8.42 Å². The van der Waals surface area contributed by atoms with Crippen LogP contribution in [0.2, 0.25) is 0 Å². The third-order valence-corrected chi connectivity index (χ3v) is 4.89. The van der Waals surface area contributed by atoms with Crippen molar-refractivity contribution in [1.82, 2.24) is 4.98 Å². The number of sulfone groups is 1. The van der Waals surface area contributed by atoms with Crippen LogP contribution >= 0.6 is 0 Å². The van der Waals surface area contributed by atoms with E-state index in [-0.39, 0.29) is 5.75 Å². The van der Waals surface area contributed by atoms with Crippen LogP contribution in [0.5, 0.6) is 0 Å². The van der Waals surface area contributed by atoms with E-state index in [0.29, 0.717) is 11.3 Å². The molecule has 0 bridgehead atoms. The first-order valence-corrected chi connectivity index (χ1v) is 7.84. The number of hydrogen-bond acceptors (Lipinski definition) is 3. The molecule has 0 saturated carbocycles. The second kappa shape index (κ2) is 5.53. The van der Waals surface area contributed by atoms with Gasteiger partial charge in [0.1, 0.15) is 0 Å². The van der Waals surface area contributed by atoms with Crippen LogP contribution in [0.3, 0.4) is 0 Å². The molecule has 0 aliphatic rings. The van der Waals surface area contributed by atoms with Gasteiger partial charge in [-0.05, 0) is 37.6 Å². The Labute approximate surface area is 114 Å². The standard InChI is InChI=1S/C15H17NO2S/c1-12-6-7-15(13(2)11-12)19(17,18)10-8-14-5-3-4-9-16-14/h3-7,9,11H,8,10H2,1-2H3. The summed E-state index contributed by atoms with van der Waals surface area (Å²) in [6.07, 6.45) is 2.12. The molecule has 4 heteroatoms. The van der Waals surface area contributed by atoms with Gasteiger partial charge in [-0.2, -0.15) is 0 Å². The minimum absolute atomic E-state index is 0.0912. The molecule has 100 valence electrons. The summed E-state index contributed by atoms with van der Waals surface area (Å²) in [5, 5.41) is 0. The monoisotopic (exact) mass is 275 g/mol. The quantitative estimate of drug-likeness (QED) is 0.862. The normalized spacial score (nSPS) is 11.5. The van der Waals surface area contributed by atoms with Crippen LogP contribution in [0.15, 0.2) is 47.5 Å². The molecule has 2 rings (SSSR count). The molecule has 1 heterocycles. The summed E-state index contributed by atoms with van der Waals surface area (Å²) < 4.78 is 24.6. The van der Waals surface area contributed by atoms with Gasteiger partial charge in [-0.1, -0.05) is 23.8 Å². The highest BCUT2D eigenvalue weighted by Gasteiger charge is 2.17. The summed E-state index contributed by atoms with van der Waals surface area (Å²) in [4.78, 5) is 4.57. The summed E-state index contributed by atoms with van der Waals surface area (Å²) in [5.74, 6) is 0.0912. The molecule has 0 N–H and O–H groups in total. The highest BCUT2D eigenvalue weighted by molar-refractivity contribution is 7.91. The van der Waals surface area contributed by atoms with Crippen molar-refractivity contribution in [3.05, 3.63) is 59.4 Å². The lowest BCUT2D eigenvalue weighted by Gasteiger charge is -2.08. The predicted molar refractivity (Wildman–Crippen MR) is 75.9 cm³/mol. The molecule has 0 atom stereocenters. The summed E-state index contributed by atoms with van der Waals surface area (Å²) in [6.45, 7) is 3.79. The summed E-state index contributed by atoms with van der Waals surface area (Å²) in [6, 6.07) is 11.0. The van der Waals surface area contributed by atoms with E-state index in [2.05, 4.69) is 4.98 Å². The molecular formula is C15H17NO2S. The number of pyridine rings is 1. The Balaban J connectivity index is 2.19. The fourth-order valence-electron chi connectivity index (χ4n) is 2.04. The summed E-state index contributed by atoms with van der Waals surface area (Å²) >= 11 is 0. The number of hydrogen-bond donors (Lipinski definition) is 0. The molecule has 1 aromatic carbocycles. The van der Waals surface area contributed by atoms with Gasteiger partial charge in [-0.3, -0.25) is 4.98 Å². The lowest BCUT2D eigenvalue weighted by molar-refractivity contribution is 0.594. The molecule has 0 saturated heterocycles. The molecule has 0 aliphatic carbocycles. The van der Waals surface area contributed by atoms with Crippen molar-refractivity contribution in [3.8, 4) is 0 Å². The lowest BCUT2D eigenvalue weighted by Crippen LogP contribution is -2.11. The first-order chi connectivity index (χ1) is 8.99. The molecule has 2 aromatic rings. The van der Waals surface area contributed by atoms with Gasteiger partial charge >= 0.3 is 0 Å². The smallest absolute Gasteiger partial charge is 0.179 e. The average Bonchev–Trinajstić information content (AvgIpc) is 2.37. The van der Waals surface area contributed by atoms with E-state index in [1.807, 2.05) is 44.2 Å². The second-order valence-corrected chi connectivity index (χ2v) is 6.74. The van der Waals surface area contributed by atoms with Crippen molar-refractivity contribution in [2.45, 2.75) is 25.2 Å². The van der Waals surface area contributed by atoms with E-state index in [0.717, 1.165) is 16.8 Å². The van der Waals surface area contributed by atoms with Crippen molar-refractivity contribution in [3.63, 3.8) is 0 Å². The Morgan fingerprint density at radius 2 is 1.89 bits per heavy atom. The molecule has 0 amide bonds. The zero-order chi connectivity index (χ0) is 13.9.